The van der Waals surface area contributed by atoms with Gasteiger partial charge in [0.2, 0.25) is 0 Å². The molecule has 0 fully saturated rings. The van der Waals surface area contributed by atoms with Crippen molar-refractivity contribution in [3.05, 3.63) is 60.8 Å². The Kier molecular flexibility index (Phi) is 37.8. The number of unbranched alkanes of at least 4 members (excludes halogenated alkanes) is 14. The smallest absolute Gasteiger partial charge is 0.462 e. The first-order valence-electron chi connectivity index (χ1n) is 21.4. The summed E-state index contributed by atoms with van der Waals surface area (Å²) in [6.45, 7) is 2.10. The van der Waals surface area contributed by atoms with Gasteiger partial charge in [0.25, 0.3) is 0 Å². The normalized spacial score (nSPS) is 15.0. The molecular weight excluding hydrogens is 735 g/mol. The van der Waals surface area contributed by atoms with Gasteiger partial charge in [0.05, 0.1) is 25.9 Å². The van der Waals surface area contributed by atoms with Crippen LogP contribution in [0.4, 0.5) is 0 Å². The topological polar surface area (TPSA) is 169 Å². The maximum atomic E-state index is 12.6. The van der Waals surface area contributed by atoms with E-state index in [4.69, 9.17) is 19.1 Å². The number of hydrogen-bond donors (Lipinski definition) is 4. The van der Waals surface area contributed by atoms with Crippen molar-refractivity contribution in [1.29, 1.82) is 0 Å². The Balaban J connectivity index is 4.52. The number of rotatable bonds is 39. The summed E-state index contributed by atoms with van der Waals surface area (Å²) in [7, 11) is -4.66. The van der Waals surface area contributed by atoms with Crippen LogP contribution in [-0.2, 0) is 32.7 Å². The third-order valence-electron chi connectivity index (χ3n) is 8.75. The zero-order chi connectivity index (χ0) is 41.4. The molecule has 0 amide bonds. The monoisotopic (exact) mass is 813 g/mol. The number of carbonyl (C=O) groups is 2. The summed E-state index contributed by atoms with van der Waals surface area (Å²) in [6.07, 6.45) is 39.3. The predicted octanol–water partition coefficient (Wildman–Crippen LogP) is 10.1. The first kappa shape index (κ1) is 53.6. The number of carbonyl (C=O) groups excluding carboxylic acids is 2. The number of phosphoric ester groups is 1. The first-order valence-corrected chi connectivity index (χ1v) is 22.8. The van der Waals surface area contributed by atoms with Crippen molar-refractivity contribution < 1.29 is 52.9 Å². The molecule has 0 saturated carbocycles. The highest BCUT2D eigenvalue weighted by atomic mass is 31.2. The van der Waals surface area contributed by atoms with Gasteiger partial charge in [-0.1, -0.05) is 139 Å². The maximum absolute atomic E-state index is 12.6. The van der Waals surface area contributed by atoms with Crippen LogP contribution in [0.3, 0.4) is 0 Å². The fraction of sp³-hybridized carbons (Fsp3) is 0.727. The molecule has 0 saturated heterocycles. The van der Waals surface area contributed by atoms with Gasteiger partial charge in [0.1, 0.15) is 12.7 Å². The SMILES string of the molecule is CCCCC/C=C\C/C=C\C/C=C\C=C\[C@@H](O)CCCC(=O)OC[C@H](COP(=O)(O)OC[C@@H](O)CO)OC(=O)CCCCCCCCC/C=C\CCCCCC. The fourth-order valence-corrected chi connectivity index (χ4v) is 6.17. The van der Waals surface area contributed by atoms with Crippen LogP contribution < -0.4 is 0 Å². The van der Waals surface area contributed by atoms with Crippen LogP contribution in [0.1, 0.15) is 162 Å². The van der Waals surface area contributed by atoms with Crippen LogP contribution in [0.25, 0.3) is 0 Å². The van der Waals surface area contributed by atoms with Gasteiger partial charge in [-0.3, -0.25) is 18.6 Å². The van der Waals surface area contributed by atoms with E-state index in [9.17, 15) is 29.3 Å². The molecule has 4 atom stereocenters. The highest BCUT2D eigenvalue weighted by Crippen LogP contribution is 2.43. The summed E-state index contributed by atoms with van der Waals surface area (Å²) in [5, 5.41) is 28.6. The summed E-state index contributed by atoms with van der Waals surface area (Å²) >= 11 is 0. The highest BCUT2D eigenvalue weighted by molar-refractivity contribution is 7.47. The molecule has 0 heterocycles. The number of hydrogen-bond acceptors (Lipinski definition) is 10. The average Bonchev–Trinajstić information content (AvgIpc) is 3.18. The molecule has 0 aromatic heterocycles. The second-order valence-electron chi connectivity index (χ2n) is 14.2. The number of aliphatic hydroxyl groups is 3. The highest BCUT2D eigenvalue weighted by Gasteiger charge is 2.27. The Morgan fingerprint density at radius 1 is 0.607 bits per heavy atom. The molecular formula is C44H77O11P. The van der Waals surface area contributed by atoms with E-state index in [1.54, 1.807) is 12.2 Å². The molecule has 0 bridgehead atoms. The lowest BCUT2D eigenvalue weighted by Gasteiger charge is -2.20. The summed E-state index contributed by atoms with van der Waals surface area (Å²) in [5.41, 5.74) is 0. The lowest BCUT2D eigenvalue weighted by atomic mass is 10.1. The zero-order valence-electron chi connectivity index (χ0n) is 34.7. The number of allylic oxidation sites excluding steroid dienone is 9. The molecule has 0 radical (unpaired) electrons. The van der Waals surface area contributed by atoms with Crippen LogP contribution >= 0.6 is 7.82 Å². The Morgan fingerprint density at radius 3 is 1.79 bits per heavy atom. The van der Waals surface area contributed by atoms with Crippen LogP contribution in [-0.4, -0.2) is 76.9 Å². The lowest BCUT2D eigenvalue weighted by molar-refractivity contribution is -0.161. The minimum absolute atomic E-state index is 0.0105. The van der Waals surface area contributed by atoms with Crippen LogP contribution in [0.2, 0.25) is 0 Å². The van der Waals surface area contributed by atoms with Gasteiger partial charge in [-0.15, -0.1) is 0 Å². The van der Waals surface area contributed by atoms with E-state index in [2.05, 4.69) is 54.8 Å². The second kappa shape index (κ2) is 39.5. The lowest BCUT2D eigenvalue weighted by Crippen LogP contribution is -2.30. The number of esters is 2. The molecule has 0 aliphatic carbocycles. The van der Waals surface area contributed by atoms with Gasteiger partial charge >= 0.3 is 19.8 Å². The van der Waals surface area contributed by atoms with E-state index < -0.39 is 64.5 Å². The minimum atomic E-state index is -4.66. The third-order valence-corrected chi connectivity index (χ3v) is 9.70. The van der Waals surface area contributed by atoms with Crippen LogP contribution in [0.5, 0.6) is 0 Å². The summed E-state index contributed by atoms with van der Waals surface area (Å²) in [5.74, 6) is -1.14. The number of phosphoric acid groups is 1. The molecule has 11 nitrogen and oxygen atoms in total. The minimum Gasteiger partial charge on any atom is -0.462 e. The predicted molar refractivity (Wildman–Crippen MR) is 225 cm³/mol. The van der Waals surface area contributed by atoms with E-state index in [0.29, 0.717) is 19.3 Å². The molecule has 0 aromatic carbocycles. The quantitative estimate of drug-likeness (QED) is 0.0153. The van der Waals surface area contributed by atoms with E-state index in [1.165, 1.54) is 64.2 Å². The van der Waals surface area contributed by atoms with Crippen molar-refractivity contribution in [2.75, 3.05) is 26.4 Å². The van der Waals surface area contributed by atoms with Crippen molar-refractivity contribution >= 4 is 19.8 Å². The number of aliphatic hydroxyl groups excluding tert-OH is 3. The Bertz CT molecular complexity index is 1130. The van der Waals surface area contributed by atoms with E-state index in [-0.39, 0.29) is 12.8 Å². The van der Waals surface area contributed by atoms with Crippen molar-refractivity contribution in [2.24, 2.45) is 0 Å². The molecule has 4 N–H and O–H groups in total. The third kappa shape index (κ3) is 38.5. The molecule has 12 heteroatoms. The summed E-state index contributed by atoms with van der Waals surface area (Å²) < 4.78 is 32.5. The van der Waals surface area contributed by atoms with Crippen molar-refractivity contribution in [3.8, 4) is 0 Å². The Morgan fingerprint density at radius 2 is 1.12 bits per heavy atom. The van der Waals surface area contributed by atoms with Crippen molar-refractivity contribution in [2.45, 2.75) is 180 Å². The molecule has 0 aliphatic rings. The second-order valence-corrected chi connectivity index (χ2v) is 15.7. The molecule has 1 unspecified atom stereocenters. The number of ether oxygens (including phenoxy) is 2. The summed E-state index contributed by atoms with van der Waals surface area (Å²) in [4.78, 5) is 35.0. The molecule has 0 aromatic rings. The van der Waals surface area contributed by atoms with Crippen LogP contribution in [0, 0.1) is 0 Å². The zero-order valence-corrected chi connectivity index (χ0v) is 35.6. The van der Waals surface area contributed by atoms with E-state index in [1.807, 2.05) is 12.2 Å². The van der Waals surface area contributed by atoms with Gasteiger partial charge in [0.15, 0.2) is 6.10 Å². The molecule has 0 aliphatic heterocycles. The van der Waals surface area contributed by atoms with Crippen molar-refractivity contribution in [1.82, 2.24) is 0 Å². The largest absolute Gasteiger partial charge is 0.472 e. The maximum Gasteiger partial charge on any atom is 0.472 e. The average molecular weight is 813 g/mol. The van der Waals surface area contributed by atoms with Gasteiger partial charge in [0, 0.05) is 12.8 Å². The van der Waals surface area contributed by atoms with E-state index >= 15 is 0 Å². The standard InChI is InChI=1S/C44H77O11P/c1-3-5-7-9-11-13-15-17-18-20-22-24-26-28-30-34-44(49)55-42(39-54-56(50,51)53-37-41(47)36-45)38-52-43(48)35-31-33-40(46)32-29-27-25-23-21-19-16-14-12-10-8-6-4-2/h12-15,19,21,25,27,29,32,40-42,45-47H,3-11,16-18,20,22-24,26,28,30-31,33-39H2,1-2H3,(H,50,51)/b14-12-,15-13-,21-19-,27-25-,32-29+/t40-,41+,42-/m1/s1. The Hall–Kier alpha value is -2.37. The van der Waals surface area contributed by atoms with Gasteiger partial charge in [-0.25, -0.2) is 4.57 Å². The summed E-state index contributed by atoms with van der Waals surface area (Å²) in [6, 6.07) is 0. The van der Waals surface area contributed by atoms with Gasteiger partial charge in [-0.2, -0.15) is 0 Å². The first-order chi connectivity index (χ1) is 27.1. The van der Waals surface area contributed by atoms with Gasteiger partial charge in [-0.05, 0) is 70.6 Å². The molecule has 56 heavy (non-hydrogen) atoms. The van der Waals surface area contributed by atoms with Crippen LogP contribution in [0.15, 0.2) is 60.8 Å². The fourth-order valence-electron chi connectivity index (χ4n) is 5.38. The molecule has 0 spiro atoms. The van der Waals surface area contributed by atoms with E-state index in [0.717, 1.165) is 51.4 Å². The molecule has 324 valence electrons. The van der Waals surface area contributed by atoms with Gasteiger partial charge < -0.3 is 29.7 Å². The Labute approximate surface area is 338 Å². The van der Waals surface area contributed by atoms with Crippen molar-refractivity contribution in [3.63, 3.8) is 0 Å². The molecule has 0 rings (SSSR count).